The van der Waals surface area contributed by atoms with E-state index in [9.17, 15) is 9.59 Å². The Hall–Kier alpha value is -3.36. The van der Waals surface area contributed by atoms with Crippen LogP contribution in [0.5, 0.6) is 5.75 Å². The van der Waals surface area contributed by atoms with Crippen molar-refractivity contribution in [1.29, 1.82) is 5.26 Å². The number of ketones is 1. The number of benzene rings is 2. The number of carbonyl (C=O) groups is 1. The molecule has 0 aliphatic rings. The van der Waals surface area contributed by atoms with Crippen LogP contribution < -0.4 is 10.3 Å². The molecular weight excluding hydrogens is 400 g/mol. The van der Waals surface area contributed by atoms with Crippen LogP contribution in [0.25, 0.3) is 11.1 Å². The lowest BCUT2D eigenvalue weighted by Gasteiger charge is -2.19. The quantitative estimate of drug-likeness (QED) is 0.523. The monoisotopic (exact) mass is 420 g/mol. The zero-order valence-corrected chi connectivity index (χ0v) is 17.7. The van der Waals surface area contributed by atoms with Gasteiger partial charge in [0.05, 0.1) is 24.9 Å². The van der Waals surface area contributed by atoms with Gasteiger partial charge in [-0.2, -0.15) is 5.26 Å². The summed E-state index contributed by atoms with van der Waals surface area (Å²) in [6.07, 6.45) is 2.23. The smallest absolute Gasteiger partial charge is 0.251 e. The summed E-state index contributed by atoms with van der Waals surface area (Å²) in [4.78, 5) is 25.0. The molecule has 1 heterocycles. The van der Waals surface area contributed by atoms with Crippen molar-refractivity contribution in [2.45, 2.75) is 26.3 Å². The average Bonchev–Trinajstić information content (AvgIpc) is 2.73. The summed E-state index contributed by atoms with van der Waals surface area (Å²) < 4.78 is 7.15. The SMILES string of the molecule is COc1cn(C(C)Cc2cccc(C#N)c2)c(=O)cc1-c1cc(Cl)ccc1C(C)=O. The molecule has 1 atom stereocenters. The number of nitriles is 1. The maximum Gasteiger partial charge on any atom is 0.251 e. The van der Waals surface area contributed by atoms with Crippen LogP contribution in [0, 0.1) is 11.3 Å². The number of nitrogens with zero attached hydrogens (tertiary/aromatic N) is 2. The van der Waals surface area contributed by atoms with E-state index in [2.05, 4.69) is 6.07 Å². The van der Waals surface area contributed by atoms with Crippen molar-refractivity contribution in [3.05, 3.63) is 86.8 Å². The zero-order valence-electron chi connectivity index (χ0n) is 17.0. The standard InChI is InChI=1S/C24H21ClN2O3/c1-15(9-17-5-4-6-18(10-17)13-26)27-14-23(30-3)22(12-24(27)29)21-11-19(25)7-8-20(21)16(2)28/h4-8,10-12,14-15H,9H2,1-3H3. The largest absolute Gasteiger partial charge is 0.495 e. The summed E-state index contributed by atoms with van der Waals surface area (Å²) in [5, 5.41) is 9.55. The number of ether oxygens (including phenoxy) is 1. The number of aromatic nitrogens is 1. The minimum absolute atomic E-state index is 0.126. The molecule has 0 bridgehead atoms. The summed E-state index contributed by atoms with van der Waals surface area (Å²) in [6.45, 7) is 3.40. The van der Waals surface area contributed by atoms with Gasteiger partial charge in [0.25, 0.3) is 5.56 Å². The predicted molar refractivity (Wildman–Crippen MR) is 117 cm³/mol. The van der Waals surface area contributed by atoms with E-state index < -0.39 is 0 Å². The fraction of sp³-hybridized carbons (Fsp3) is 0.208. The lowest BCUT2D eigenvalue weighted by atomic mass is 9.97. The molecule has 6 heteroatoms. The van der Waals surface area contributed by atoms with E-state index in [4.69, 9.17) is 21.6 Å². The van der Waals surface area contributed by atoms with Gasteiger partial charge in [0.15, 0.2) is 5.78 Å². The van der Waals surface area contributed by atoms with Crippen LogP contribution in [0.2, 0.25) is 5.02 Å². The second-order valence-electron chi connectivity index (χ2n) is 7.11. The lowest BCUT2D eigenvalue weighted by Crippen LogP contribution is -2.24. The van der Waals surface area contributed by atoms with Crippen molar-refractivity contribution in [1.82, 2.24) is 4.57 Å². The van der Waals surface area contributed by atoms with E-state index in [0.29, 0.717) is 39.4 Å². The van der Waals surface area contributed by atoms with Crippen LogP contribution in [0.1, 0.15) is 41.4 Å². The summed E-state index contributed by atoms with van der Waals surface area (Å²) in [7, 11) is 1.52. The number of carbonyl (C=O) groups excluding carboxylic acids is 1. The van der Waals surface area contributed by atoms with E-state index >= 15 is 0 Å². The van der Waals surface area contributed by atoms with Gasteiger partial charge in [-0.25, -0.2) is 0 Å². The number of methoxy groups -OCH3 is 1. The molecule has 0 radical (unpaired) electrons. The summed E-state index contributed by atoms with van der Waals surface area (Å²) in [5.41, 5.74) is 2.87. The number of hydrogen-bond donors (Lipinski definition) is 0. The highest BCUT2D eigenvalue weighted by Crippen LogP contribution is 2.34. The second kappa shape index (κ2) is 8.98. The molecule has 0 aliphatic carbocycles. The zero-order chi connectivity index (χ0) is 21.8. The fourth-order valence-corrected chi connectivity index (χ4v) is 3.67. The van der Waals surface area contributed by atoms with E-state index in [1.54, 1.807) is 35.0 Å². The summed E-state index contributed by atoms with van der Waals surface area (Å²) in [5.74, 6) is 0.343. The molecule has 1 aromatic heterocycles. The number of pyridine rings is 1. The maximum absolute atomic E-state index is 12.9. The van der Waals surface area contributed by atoms with Gasteiger partial charge >= 0.3 is 0 Å². The normalized spacial score (nSPS) is 11.6. The molecule has 5 nitrogen and oxygen atoms in total. The van der Waals surface area contributed by atoms with Crippen LogP contribution in [-0.2, 0) is 6.42 Å². The van der Waals surface area contributed by atoms with Gasteiger partial charge in [0.2, 0.25) is 0 Å². The van der Waals surface area contributed by atoms with Crippen LogP contribution >= 0.6 is 11.6 Å². The number of rotatable bonds is 6. The molecule has 0 saturated heterocycles. The molecule has 30 heavy (non-hydrogen) atoms. The van der Waals surface area contributed by atoms with Crippen molar-refractivity contribution in [3.8, 4) is 22.9 Å². The number of Topliss-reactive ketones (excluding diaryl/α,β-unsaturated/α-hetero) is 1. The van der Waals surface area contributed by atoms with Crippen LogP contribution in [0.15, 0.2) is 59.5 Å². The Bertz CT molecular complexity index is 1210. The number of hydrogen-bond acceptors (Lipinski definition) is 4. The first-order valence-electron chi connectivity index (χ1n) is 9.44. The minimum atomic E-state index is -0.218. The van der Waals surface area contributed by atoms with Crippen molar-refractivity contribution in [2.75, 3.05) is 7.11 Å². The maximum atomic E-state index is 12.9. The molecule has 0 aliphatic heterocycles. The molecule has 1 unspecified atom stereocenters. The van der Waals surface area contributed by atoms with Crippen LogP contribution in [0.4, 0.5) is 0 Å². The van der Waals surface area contributed by atoms with Gasteiger partial charge in [-0.3, -0.25) is 9.59 Å². The third kappa shape index (κ3) is 4.45. The van der Waals surface area contributed by atoms with Gasteiger partial charge in [-0.05, 0) is 61.7 Å². The first-order chi connectivity index (χ1) is 14.3. The predicted octanol–water partition coefficient (Wildman–Crippen LogP) is 5.06. The molecule has 152 valence electrons. The van der Waals surface area contributed by atoms with Gasteiger partial charge in [-0.15, -0.1) is 0 Å². The third-order valence-electron chi connectivity index (χ3n) is 4.98. The van der Waals surface area contributed by atoms with Gasteiger partial charge in [0, 0.05) is 28.3 Å². The molecule has 3 rings (SSSR count). The average molecular weight is 421 g/mol. The highest BCUT2D eigenvalue weighted by molar-refractivity contribution is 6.31. The van der Waals surface area contributed by atoms with Gasteiger partial charge in [0.1, 0.15) is 5.75 Å². The fourth-order valence-electron chi connectivity index (χ4n) is 3.50. The lowest BCUT2D eigenvalue weighted by molar-refractivity contribution is 0.101. The molecule has 0 saturated carbocycles. The minimum Gasteiger partial charge on any atom is -0.495 e. The molecule has 2 aromatic carbocycles. The Labute approximate surface area is 180 Å². The molecule has 0 amide bonds. The first kappa shape index (κ1) is 21.4. The number of halogens is 1. The Morgan fingerprint density at radius 3 is 2.63 bits per heavy atom. The highest BCUT2D eigenvalue weighted by Gasteiger charge is 2.18. The van der Waals surface area contributed by atoms with Crippen molar-refractivity contribution in [3.63, 3.8) is 0 Å². The van der Waals surface area contributed by atoms with Crippen molar-refractivity contribution >= 4 is 17.4 Å². The first-order valence-corrected chi connectivity index (χ1v) is 9.82. The Kier molecular flexibility index (Phi) is 6.39. The Morgan fingerprint density at radius 1 is 1.20 bits per heavy atom. The summed E-state index contributed by atoms with van der Waals surface area (Å²) in [6, 6.07) is 15.7. The highest BCUT2D eigenvalue weighted by atomic mass is 35.5. The third-order valence-corrected chi connectivity index (χ3v) is 5.21. The second-order valence-corrected chi connectivity index (χ2v) is 7.55. The van der Waals surface area contributed by atoms with E-state index in [1.165, 1.54) is 20.1 Å². The Balaban J connectivity index is 2.05. The summed E-state index contributed by atoms with van der Waals surface area (Å²) >= 11 is 6.15. The van der Waals surface area contributed by atoms with Crippen LogP contribution in [-0.4, -0.2) is 17.5 Å². The molecule has 0 fully saturated rings. The topological polar surface area (TPSA) is 72.1 Å². The Morgan fingerprint density at radius 2 is 1.97 bits per heavy atom. The van der Waals surface area contributed by atoms with E-state index in [1.807, 2.05) is 25.1 Å². The molecular formula is C24H21ClN2O3. The van der Waals surface area contributed by atoms with E-state index in [-0.39, 0.29) is 17.4 Å². The van der Waals surface area contributed by atoms with Crippen molar-refractivity contribution < 1.29 is 9.53 Å². The molecule has 0 N–H and O–H groups in total. The molecule has 0 spiro atoms. The van der Waals surface area contributed by atoms with Gasteiger partial charge < -0.3 is 9.30 Å². The van der Waals surface area contributed by atoms with E-state index in [0.717, 1.165) is 5.56 Å². The van der Waals surface area contributed by atoms with Crippen LogP contribution in [0.3, 0.4) is 0 Å². The van der Waals surface area contributed by atoms with Crippen molar-refractivity contribution in [2.24, 2.45) is 0 Å². The van der Waals surface area contributed by atoms with Gasteiger partial charge in [-0.1, -0.05) is 23.7 Å². The molecule has 3 aromatic rings.